The van der Waals surface area contributed by atoms with Gasteiger partial charge < -0.3 is 19.9 Å². The number of carbonyl (C=O) groups excluding carboxylic acids is 1. The summed E-state index contributed by atoms with van der Waals surface area (Å²) in [4.78, 5) is 23.3. The maximum Gasteiger partial charge on any atom is 0.387 e. The minimum Gasteiger partial charge on any atom is -0.480 e. The molecule has 0 fully saturated rings. The first-order valence-electron chi connectivity index (χ1n) is 7.31. The second kappa shape index (κ2) is 8.58. The molecule has 134 valence electrons. The molecule has 1 rings (SSSR count). The minimum absolute atomic E-state index is 0.0242. The van der Waals surface area contributed by atoms with Gasteiger partial charge in [-0.2, -0.15) is 8.78 Å². The number of carbonyl (C=O) groups is 2. The van der Waals surface area contributed by atoms with E-state index in [2.05, 4.69) is 10.1 Å². The van der Waals surface area contributed by atoms with E-state index in [9.17, 15) is 23.5 Å². The van der Waals surface area contributed by atoms with E-state index >= 15 is 0 Å². The predicted octanol–water partition coefficient (Wildman–Crippen LogP) is 2.68. The van der Waals surface area contributed by atoms with Gasteiger partial charge in [-0.05, 0) is 39.0 Å². The lowest BCUT2D eigenvalue weighted by Crippen LogP contribution is -2.42. The topological polar surface area (TPSA) is 84.9 Å². The van der Waals surface area contributed by atoms with Crippen LogP contribution in [0.3, 0.4) is 0 Å². The second-order valence-electron chi connectivity index (χ2n) is 6.02. The van der Waals surface area contributed by atoms with Crippen LogP contribution >= 0.6 is 0 Å². The van der Waals surface area contributed by atoms with E-state index in [1.165, 1.54) is 18.2 Å². The van der Waals surface area contributed by atoms with Crippen LogP contribution in [-0.4, -0.2) is 41.8 Å². The van der Waals surface area contributed by atoms with Crippen LogP contribution in [0, 0.1) is 0 Å². The van der Waals surface area contributed by atoms with E-state index in [1.54, 1.807) is 0 Å². The Morgan fingerprint density at radius 1 is 1.29 bits per heavy atom. The Kier molecular flexibility index (Phi) is 7.09. The van der Waals surface area contributed by atoms with Crippen molar-refractivity contribution in [2.24, 2.45) is 0 Å². The number of aliphatic carboxylic acids is 1. The van der Waals surface area contributed by atoms with E-state index in [-0.39, 0.29) is 24.3 Å². The first kappa shape index (κ1) is 19.8. The van der Waals surface area contributed by atoms with Gasteiger partial charge in [-0.15, -0.1) is 0 Å². The van der Waals surface area contributed by atoms with Crippen molar-refractivity contribution in [1.82, 2.24) is 5.32 Å². The highest BCUT2D eigenvalue weighted by Crippen LogP contribution is 2.16. The lowest BCUT2D eigenvalue weighted by atomic mass is 10.1. The number of hydrogen-bond acceptors (Lipinski definition) is 4. The Bertz CT molecular complexity index is 572. The van der Waals surface area contributed by atoms with Crippen LogP contribution in [0.25, 0.3) is 0 Å². The van der Waals surface area contributed by atoms with Crippen LogP contribution in [0.5, 0.6) is 5.75 Å². The highest BCUT2D eigenvalue weighted by Gasteiger charge is 2.22. The van der Waals surface area contributed by atoms with Gasteiger partial charge in [0.1, 0.15) is 11.8 Å². The van der Waals surface area contributed by atoms with Crippen LogP contribution in [-0.2, 0) is 9.53 Å². The van der Waals surface area contributed by atoms with Crippen molar-refractivity contribution >= 4 is 11.9 Å². The van der Waals surface area contributed by atoms with Crippen LogP contribution in [0.15, 0.2) is 24.3 Å². The number of alkyl halides is 2. The van der Waals surface area contributed by atoms with Crippen molar-refractivity contribution in [3.05, 3.63) is 29.8 Å². The number of halogens is 2. The smallest absolute Gasteiger partial charge is 0.387 e. The molecule has 1 atom stereocenters. The number of ether oxygens (including phenoxy) is 2. The van der Waals surface area contributed by atoms with E-state index < -0.39 is 30.1 Å². The molecular weight excluding hydrogens is 324 g/mol. The molecule has 6 nitrogen and oxygen atoms in total. The second-order valence-corrected chi connectivity index (χ2v) is 6.02. The fourth-order valence-electron chi connectivity index (χ4n) is 1.80. The molecule has 8 heteroatoms. The lowest BCUT2D eigenvalue weighted by molar-refractivity contribution is -0.140. The minimum atomic E-state index is -3.01. The quantitative estimate of drug-likeness (QED) is 0.757. The van der Waals surface area contributed by atoms with Gasteiger partial charge in [0.2, 0.25) is 0 Å². The van der Waals surface area contributed by atoms with Gasteiger partial charge in [-0.25, -0.2) is 4.79 Å². The van der Waals surface area contributed by atoms with Crippen LogP contribution in [0.4, 0.5) is 8.78 Å². The normalized spacial score (nSPS) is 12.8. The van der Waals surface area contributed by atoms with Crippen LogP contribution in [0.1, 0.15) is 37.6 Å². The summed E-state index contributed by atoms with van der Waals surface area (Å²) in [5, 5.41) is 11.5. The molecule has 0 saturated heterocycles. The Morgan fingerprint density at radius 2 is 1.96 bits per heavy atom. The zero-order chi connectivity index (χ0) is 18.3. The molecule has 0 saturated carbocycles. The van der Waals surface area contributed by atoms with Crippen molar-refractivity contribution in [1.29, 1.82) is 0 Å². The molecule has 1 amide bonds. The molecule has 24 heavy (non-hydrogen) atoms. The van der Waals surface area contributed by atoms with Crippen LogP contribution in [0.2, 0.25) is 0 Å². The molecule has 2 N–H and O–H groups in total. The molecule has 0 heterocycles. The lowest BCUT2D eigenvalue weighted by Gasteiger charge is -2.21. The van der Waals surface area contributed by atoms with Gasteiger partial charge in [0.25, 0.3) is 5.91 Å². The maximum atomic E-state index is 12.2. The molecule has 0 aliphatic heterocycles. The monoisotopic (exact) mass is 345 g/mol. The van der Waals surface area contributed by atoms with E-state index in [1.807, 2.05) is 20.8 Å². The third kappa shape index (κ3) is 7.36. The molecular formula is C16H21F2NO5. The highest BCUT2D eigenvalue weighted by atomic mass is 19.3. The number of rotatable bonds is 8. The summed E-state index contributed by atoms with van der Waals surface area (Å²) in [5.74, 6) is -2.08. The summed E-state index contributed by atoms with van der Waals surface area (Å²) < 4.78 is 34.0. The molecule has 1 aromatic carbocycles. The number of nitrogens with one attached hydrogen (secondary N) is 1. The number of carboxylic acids is 1. The number of hydrogen-bond donors (Lipinski definition) is 2. The molecule has 1 unspecified atom stereocenters. The number of amides is 1. The number of carboxylic acid groups (broad SMARTS) is 1. The summed E-state index contributed by atoms with van der Waals surface area (Å²) in [6, 6.07) is 3.98. The molecule has 0 spiro atoms. The van der Waals surface area contributed by atoms with Gasteiger partial charge in [0.05, 0.1) is 5.60 Å². The van der Waals surface area contributed by atoms with E-state index in [0.717, 1.165) is 6.07 Å². The Hall–Kier alpha value is -2.22. The molecule has 0 aliphatic rings. The average molecular weight is 345 g/mol. The van der Waals surface area contributed by atoms with Crippen LogP contribution < -0.4 is 10.1 Å². The Labute approximate surface area is 138 Å². The summed E-state index contributed by atoms with van der Waals surface area (Å²) in [7, 11) is 0. The molecule has 1 aromatic rings. The Balaban J connectivity index is 2.69. The Morgan fingerprint density at radius 3 is 2.50 bits per heavy atom. The zero-order valence-corrected chi connectivity index (χ0v) is 13.7. The first-order valence-corrected chi connectivity index (χ1v) is 7.31. The molecule has 0 bridgehead atoms. The SMILES string of the molecule is CC(C)(C)OCCC(NC(=O)c1cccc(OC(F)F)c1)C(=O)O. The zero-order valence-electron chi connectivity index (χ0n) is 13.7. The average Bonchev–Trinajstić information content (AvgIpc) is 2.44. The van der Waals surface area contributed by atoms with E-state index in [4.69, 9.17) is 4.74 Å². The predicted molar refractivity (Wildman–Crippen MR) is 82.3 cm³/mol. The fourth-order valence-corrected chi connectivity index (χ4v) is 1.80. The third-order valence-corrected chi connectivity index (χ3v) is 2.87. The van der Waals surface area contributed by atoms with Crippen molar-refractivity contribution in [3.63, 3.8) is 0 Å². The van der Waals surface area contributed by atoms with Crippen molar-refractivity contribution in [2.45, 2.75) is 45.4 Å². The number of benzene rings is 1. The summed E-state index contributed by atoms with van der Waals surface area (Å²) in [6.45, 7) is 2.63. The van der Waals surface area contributed by atoms with Gasteiger partial charge in [0, 0.05) is 18.6 Å². The summed E-state index contributed by atoms with van der Waals surface area (Å²) in [5.41, 5.74) is -0.398. The molecule has 0 radical (unpaired) electrons. The third-order valence-electron chi connectivity index (χ3n) is 2.87. The van der Waals surface area contributed by atoms with Gasteiger partial charge >= 0.3 is 12.6 Å². The van der Waals surface area contributed by atoms with Gasteiger partial charge in [-0.1, -0.05) is 6.07 Å². The van der Waals surface area contributed by atoms with Crippen molar-refractivity contribution in [2.75, 3.05) is 6.61 Å². The maximum absolute atomic E-state index is 12.2. The highest BCUT2D eigenvalue weighted by molar-refractivity contribution is 5.96. The van der Waals surface area contributed by atoms with Gasteiger partial charge in [0.15, 0.2) is 0 Å². The molecule has 0 aliphatic carbocycles. The summed E-state index contributed by atoms with van der Waals surface area (Å²) >= 11 is 0. The largest absolute Gasteiger partial charge is 0.480 e. The van der Waals surface area contributed by atoms with Crippen molar-refractivity contribution in [3.8, 4) is 5.75 Å². The van der Waals surface area contributed by atoms with E-state index in [0.29, 0.717) is 0 Å². The van der Waals surface area contributed by atoms with Gasteiger partial charge in [-0.3, -0.25) is 4.79 Å². The standard InChI is InChI=1S/C16H21F2NO5/c1-16(2,3)23-8-7-12(14(21)22)19-13(20)10-5-4-6-11(9-10)24-15(17)18/h4-6,9,12,15H,7-8H2,1-3H3,(H,19,20)(H,21,22). The fraction of sp³-hybridized carbons (Fsp3) is 0.500. The summed E-state index contributed by atoms with van der Waals surface area (Å²) in [6.07, 6.45) is 0.0750. The molecule has 0 aromatic heterocycles. The first-order chi connectivity index (χ1) is 11.1. The van der Waals surface area contributed by atoms with Crippen molar-refractivity contribution < 1.29 is 33.0 Å².